The van der Waals surface area contributed by atoms with Gasteiger partial charge >= 0.3 is 12.2 Å². The molecule has 0 radical (unpaired) electrons. The number of aromatic nitrogens is 3. The highest BCUT2D eigenvalue weighted by Gasteiger charge is 2.42. The number of anilines is 1. The summed E-state index contributed by atoms with van der Waals surface area (Å²) >= 11 is 0. The molecule has 2 aromatic rings. The monoisotopic (exact) mass is 327 g/mol. The van der Waals surface area contributed by atoms with E-state index in [0.717, 1.165) is 12.6 Å². The molecule has 2 N–H and O–H groups in total. The van der Waals surface area contributed by atoms with Crippen LogP contribution in [0.4, 0.5) is 23.8 Å². The highest BCUT2D eigenvalue weighted by Crippen LogP contribution is 2.32. The second-order valence-corrected chi connectivity index (χ2v) is 4.80. The number of carbonyl (C=O) groups excluding carboxylic acids is 1. The quantitative estimate of drug-likeness (QED) is 0.886. The lowest BCUT2D eigenvalue weighted by Crippen LogP contribution is -2.40. The molecule has 6 nitrogen and oxygen atoms in total. The van der Waals surface area contributed by atoms with E-state index in [1.807, 2.05) is 12.2 Å². The summed E-state index contributed by atoms with van der Waals surface area (Å²) in [4.78, 5) is 15.6. The van der Waals surface area contributed by atoms with Gasteiger partial charge in [-0.05, 0) is 12.5 Å². The van der Waals surface area contributed by atoms with Gasteiger partial charge in [-0.25, -0.2) is 9.48 Å². The lowest BCUT2D eigenvalue weighted by molar-refractivity contribution is -0.154. The van der Waals surface area contributed by atoms with Gasteiger partial charge in [0.25, 0.3) is 0 Å². The maximum Gasteiger partial charge on any atom is 0.412 e. The molecule has 0 aliphatic carbocycles. The van der Waals surface area contributed by atoms with Gasteiger partial charge in [0.15, 0.2) is 6.04 Å². The van der Waals surface area contributed by atoms with Crippen molar-refractivity contribution in [3.8, 4) is 0 Å². The standard InChI is InChI=1S/C14H16F3N5O/c1-2-8-22-11(5-7-19-22)20-13(23)21-12(14(15,16)17)10-4-3-6-18-9-10/h3-7,9,12H,2,8H2,1H3,(H2,20,21,23)/t12-/m0/s1. The fourth-order valence-corrected chi connectivity index (χ4v) is 2.01. The van der Waals surface area contributed by atoms with Gasteiger partial charge in [0.1, 0.15) is 5.82 Å². The van der Waals surface area contributed by atoms with Gasteiger partial charge in [-0.1, -0.05) is 13.0 Å². The lowest BCUT2D eigenvalue weighted by Gasteiger charge is -2.22. The third-order valence-corrected chi connectivity index (χ3v) is 3.01. The van der Waals surface area contributed by atoms with Crippen molar-refractivity contribution in [3.05, 3.63) is 42.4 Å². The van der Waals surface area contributed by atoms with Crippen LogP contribution in [0.25, 0.3) is 0 Å². The minimum Gasteiger partial charge on any atom is -0.322 e. The summed E-state index contributed by atoms with van der Waals surface area (Å²) in [6.45, 7) is 2.47. The molecule has 9 heteroatoms. The summed E-state index contributed by atoms with van der Waals surface area (Å²) in [5.41, 5.74) is -0.141. The van der Waals surface area contributed by atoms with Crippen LogP contribution in [-0.2, 0) is 6.54 Å². The summed E-state index contributed by atoms with van der Waals surface area (Å²) in [5.74, 6) is 0.330. The van der Waals surface area contributed by atoms with E-state index in [1.165, 1.54) is 35.3 Å². The van der Waals surface area contributed by atoms with Crippen molar-refractivity contribution in [3.63, 3.8) is 0 Å². The number of amides is 2. The first-order chi connectivity index (χ1) is 10.9. The van der Waals surface area contributed by atoms with Crippen LogP contribution in [-0.4, -0.2) is 27.0 Å². The number of alkyl halides is 3. The number of pyridine rings is 1. The van der Waals surface area contributed by atoms with Crippen molar-refractivity contribution in [2.45, 2.75) is 32.1 Å². The largest absolute Gasteiger partial charge is 0.412 e. The summed E-state index contributed by atoms with van der Waals surface area (Å²) in [6, 6.07) is 1.05. The molecule has 0 bridgehead atoms. The highest BCUT2D eigenvalue weighted by atomic mass is 19.4. The Morgan fingerprint density at radius 1 is 1.35 bits per heavy atom. The maximum atomic E-state index is 13.2. The molecule has 2 amide bonds. The normalized spacial score (nSPS) is 12.7. The highest BCUT2D eigenvalue weighted by molar-refractivity contribution is 5.88. The smallest absolute Gasteiger partial charge is 0.322 e. The molecule has 0 saturated carbocycles. The summed E-state index contributed by atoms with van der Waals surface area (Å²) in [5, 5.41) is 8.29. The van der Waals surface area contributed by atoms with Crippen molar-refractivity contribution in [2.24, 2.45) is 0 Å². The van der Waals surface area contributed by atoms with Crippen LogP contribution >= 0.6 is 0 Å². The number of rotatable bonds is 5. The van der Waals surface area contributed by atoms with Crippen LogP contribution < -0.4 is 10.6 Å². The molecule has 0 aromatic carbocycles. The molecule has 0 aliphatic heterocycles. The predicted molar refractivity (Wildman–Crippen MR) is 77.7 cm³/mol. The Morgan fingerprint density at radius 2 is 2.13 bits per heavy atom. The molecule has 0 aliphatic rings. The van der Waals surface area contributed by atoms with Crippen molar-refractivity contribution >= 4 is 11.8 Å². The Balaban J connectivity index is 2.11. The van der Waals surface area contributed by atoms with E-state index in [9.17, 15) is 18.0 Å². The van der Waals surface area contributed by atoms with Gasteiger partial charge in [0.05, 0.1) is 6.20 Å². The van der Waals surface area contributed by atoms with Crippen molar-refractivity contribution in [1.29, 1.82) is 0 Å². The van der Waals surface area contributed by atoms with E-state index < -0.39 is 18.2 Å². The van der Waals surface area contributed by atoms with Gasteiger partial charge in [-0.2, -0.15) is 18.3 Å². The first-order valence-electron chi connectivity index (χ1n) is 6.97. The lowest BCUT2D eigenvalue weighted by atomic mass is 10.1. The second-order valence-electron chi connectivity index (χ2n) is 4.80. The average Bonchev–Trinajstić information content (AvgIpc) is 2.92. The van der Waals surface area contributed by atoms with Crippen molar-refractivity contribution in [1.82, 2.24) is 20.1 Å². The van der Waals surface area contributed by atoms with E-state index in [-0.39, 0.29) is 5.56 Å². The Labute approximate surface area is 130 Å². The van der Waals surface area contributed by atoms with Crippen molar-refractivity contribution < 1.29 is 18.0 Å². The Hall–Kier alpha value is -2.58. The first kappa shape index (κ1) is 16.8. The third-order valence-electron chi connectivity index (χ3n) is 3.01. The van der Waals surface area contributed by atoms with E-state index in [0.29, 0.717) is 12.4 Å². The SMILES string of the molecule is CCCn1nccc1NC(=O)N[C@@H](c1cccnc1)C(F)(F)F. The molecule has 2 heterocycles. The number of nitrogens with zero attached hydrogens (tertiary/aromatic N) is 3. The minimum atomic E-state index is -4.63. The zero-order valence-corrected chi connectivity index (χ0v) is 12.3. The number of urea groups is 1. The van der Waals surface area contributed by atoms with E-state index in [2.05, 4.69) is 15.4 Å². The molecule has 124 valence electrons. The number of halogens is 3. The van der Waals surface area contributed by atoms with Crippen LogP contribution in [0, 0.1) is 0 Å². The van der Waals surface area contributed by atoms with Crippen LogP contribution in [0.3, 0.4) is 0 Å². The van der Waals surface area contributed by atoms with Crippen LogP contribution in [0.15, 0.2) is 36.8 Å². The van der Waals surface area contributed by atoms with Crippen molar-refractivity contribution in [2.75, 3.05) is 5.32 Å². The van der Waals surface area contributed by atoms with Gasteiger partial charge < -0.3 is 5.32 Å². The van der Waals surface area contributed by atoms with E-state index in [4.69, 9.17) is 0 Å². The molecule has 0 saturated heterocycles. The molecule has 2 rings (SSSR count). The molecular weight excluding hydrogens is 311 g/mol. The van der Waals surface area contributed by atoms with Crippen LogP contribution in [0.1, 0.15) is 24.9 Å². The number of nitrogens with one attached hydrogen (secondary N) is 2. The zero-order chi connectivity index (χ0) is 16.9. The Bertz CT molecular complexity index is 641. The Morgan fingerprint density at radius 3 is 2.74 bits per heavy atom. The van der Waals surface area contributed by atoms with E-state index in [1.54, 1.807) is 0 Å². The minimum absolute atomic E-state index is 0.141. The molecule has 0 fully saturated rings. The number of aryl methyl sites for hydroxylation is 1. The fraction of sp³-hybridized carbons (Fsp3) is 0.357. The third kappa shape index (κ3) is 4.44. The molecule has 2 aromatic heterocycles. The Kier molecular flexibility index (Phi) is 5.20. The number of carbonyl (C=O) groups is 1. The maximum absolute atomic E-state index is 13.2. The molecule has 23 heavy (non-hydrogen) atoms. The van der Waals surface area contributed by atoms with E-state index >= 15 is 0 Å². The van der Waals surface area contributed by atoms with Gasteiger partial charge in [0, 0.05) is 30.6 Å². The summed E-state index contributed by atoms with van der Waals surface area (Å²) < 4.78 is 41.0. The molecule has 0 spiro atoms. The fourth-order valence-electron chi connectivity index (χ4n) is 2.01. The predicted octanol–water partition coefficient (Wildman–Crippen LogP) is 3.11. The topological polar surface area (TPSA) is 71.8 Å². The molecule has 1 atom stereocenters. The molecular formula is C14H16F3N5O. The summed E-state index contributed by atoms with van der Waals surface area (Å²) in [6.07, 6.45) is 0.0383. The van der Waals surface area contributed by atoms with Gasteiger partial charge in [-0.3, -0.25) is 10.3 Å². The zero-order valence-electron chi connectivity index (χ0n) is 12.3. The van der Waals surface area contributed by atoms with Gasteiger partial charge in [0.2, 0.25) is 0 Å². The summed E-state index contributed by atoms with van der Waals surface area (Å²) in [7, 11) is 0. The number of hydrogen-bond donors (Lipinski definition) is 2. The number of hydrogen-bond acceptors (Lipinski definition) is 3. The van der Waals surface area contributed by atoms with Crippen LogP contribution in [0.2, 0.25) is 0 Å². The molecule has 0 unspecified atom stereocenters. The second kappa shape index (κ2) is 7.12. The van der Waals surface area contributed by atoms with Gasteiger partial charge in [-0.15, -0.1) is 0 Å². The first-order valence-corrected chi connectivity index (χ1v) is 6.97. The average molecular weight is 327 g/mol. The van der Waals surface area contributed by atoms with Crippen LogP contribution in [0.5, 0.6) is 0 Å².